The van der Waals surface area contributed by atoms with Crippen LogP contribution in [0.4, 0.5) is 11.5 Å². The van der Waals surface area contributed by atoms with E-state index in [1.165, 1.54) is 5.56 Å². The third-order valence-corrected chi connectivity index (χ3v) is 2.85. The van der Waals surface area contributed by atoms with Crippen molar-refractivity contribution in [3.8, 4) is 6.07 Å². The van der Waals surface area contributed by atoms with E-state index < -0.39 is 0 Å². The van der Waals surface area contributed by atoms with Crippen molar-refractivity contribution in [2.45, 2.75) is 13.8 Å². The fourth-order valence-electron chi connectivity index (χ4n) is 1.96. The lowest BCUT2D eigenvalue weighted by Gasteiger charge is -2.23. The van der Waals surface area contributed by atoms with Gasteiger partial charge in [-0.15, -0.1) is 0 Å². The predicted molar refractivity (Wildman–Crippen MR) is 72.8 cm³/mol. The molecule has 0 N–H and O–H groups in total. The van der Waals surface area contributed by atoms with Gasteiger partial charge in [0.2, 0.25) is 0 Å². The first kappa shape index (κ1) is 12.1. The Balaban J connectivity index is 2.46. The highest BCUT2D eigenvalue weighted by Crippen LogP contribution is 2.26. The first-order valence-electron chi connectivity index (χ1n) is 5.96. The molecular formula is C15H15N3. The number of pyridine rings is 1. The number of para-hydroxylation sites is 1. The van der Waals surface area contributed by atoms with E-state index in [0.717, 1.165) is 18.1 Å². The molecule has 2 rings (SSSR count). The summed E-state index contributed by atoms with van der Waals surface area (Å²) < 4.78 is 0. The lowest BCUT2D eigenvalue weighted by molar-refractivity contribution is 0.979. The first-order valence-corrected chi connectivity index (χ1v) is 5.96. The van der Waals surface area contributed by atoms with Gasteiger partial charge in [0, 0.05) is 12.2 Å². The van der Waals surface area contributed by atoms with E-state index >= 15 is 0 Å². The summed E-state index contributed by atoms with van der Waals surface area (Å²) in [4.78, 5) is 6.45. The molecule has 0 aliphatic heterocycles. The minimum atomic E-state index is 0.444. The molecular weight excluding hydrogens is 222 g/mol. The van der Waals surface area contributed by atoms with Gasteiger partial charge in [-0.25, -0.2) is 4.98 Å². The van der Waals surface area contributed by atoms with Crippen LogP contribution in [0.25, 0.3) is 0 Å². The molecule has 90 valence electrons. The minimum Gasteiger partial charge on any atom is -0.326 e. The number of aromatic nitrogens is 1. The molecule has 0 saturated heterocycles. The third-order valence-electron chi connectivity index (χ3n) is 2.85. The molecule has 1 heterocycles. The number of hydrogen-bond acceptors (Lipinski definition) is 3. The number of hydrogen-bond donors (Lipinski definition) is 0. The zero-order chi connectivity index (χ0) is 13.0. The number of nitriles is 1. The van der Waals surface area contributed by atoms with Crippen molar-refractivity contribution in [1.82, 2.24) is 4.98 Å². The Labute approximate surface area is 107 Å². The van der Waals surface area contributed by atoms with E-state index in [9.17, 15) is 0 Å². The SMILES string of the molecule is CCN(c1cccc(C#N)n1)c1ccccc1C. The number of nitrogens with zero attached hydrogens (tertiary/aromatic N) is 3. The lowest BCUT2D eigenvalue weighted by Crippen LogP contribution is -2.18. The van der Waals surface area contributed by atoms with Crippen LogP contribution in [-0.2, 0) is 0 Å². The van der Waals surface area contributed by atoms with Crippen LogP contribution >= 0.6 is 0 Å². The second-order valence-electron chi connectivity index (χ2n) is 4.02. The summed E-state index contributed by atoms with van der Waals surface area (Å²) in [6.07, 6.45) is 0. The predicted octanol–water partition coefficient (Wildman–Crippen LogP) is 3.42. The molecule has 18 heavy (non-hydrogen) atoms. The standard InChI is InChI=1S/C15H15N3/c1-3-18(14-9-5-4-7-12(14)2)15-10-6-8-13(11-16)17-15/h4-10H,3H2,1-2H3. The van der Waals surface area contributed by atoms with Gasteiger partial charge < -0.3 is 4.90 Å². The Morgan fingerprint density at radius 3 is 2.61 bits per heavy atom. The molecule has 0 saturated carbocycles. The quantitative estimate of drug-likeness (QED) is 0.821. The monoisotopic (exact) mass is 237 g/mol. The summed E-state index contributed by atoms with van der Waals surface area (Å²) in [6, 6.07) is 15.8. The fraction of sp³-hybridized carbons (Fsp3) is 0.200. The van der Waals surface area contributed by atoms with E-state index in [2.05, 4.69) is 41.9 Å². The second kappa shape index (κ2) is 5.33. The smallest absolute Gasteiger partial charge is 0.142 e. The molecule has 1 aromatic carbocycles. The third kappa shape index (κ3) is 2.33. The molecule has 0 amide bonds. The fourth-order valence-corrected chi connectivity index (χ4v) is 1.96. The van der Waals surface area contributed by atoms with Crippen molar-refractivity contribution < 1.29 is 0 Å². The minimum absolute atomic E-state index is 0.444. The van der Waals surface area contributed by atoms with Gasteiger partial charge in [0.05, 0.1) is 0 Å². The van der Waals surface area contributed by atoms with Crippen molar-refractivity contribution in [3.05, 3.63) is 53.7 Å². The van der Waals surface area contributed by atoms with Gasteiger partial charge >= 0.3 is 0 Å². The average Bonchev–Trinajstić information content (AvgIpc) is 2.42. The van der Waals surface area contributed by atoms with Crippen molar-refractivity contribution in [2.75, 3.05) is 11.4 Å². The van der Waals surface area contributed by atoms with Gasteiger partial charge in [-0.1, -0.05) is 24.3 Å². The Hall–Kier alpha value is -2.34. The highest BCUT2D eigenvalue weighted by atomic mass is 15.2. The number of rotatable bonds is 3. The van der Waals surface area contributed by atoms with Crippen LogP contribution in [0.3, 0.4) is 0 Å². The lowest BCUT2D eigenvalue weighted by atomic mass is 10.2. The van der Waals surface area contributed by atoms with Gasteiger partial charge in [-0.2, -0.15) is 5.26 Å². The van der Waals surface area contributed by atoms with E-state index in [4.69, 9.17) is 5.26 Å². The molecule has 2 aromatic rings. The molecule has 0 aliphatic rings. The molecule has 0 bridgehead atoms. The molecule has 0 fully saturated rings. The molecule has 0 spiro atoms. The van der Waals surface area contributed by atoms with Crippen LogP contribution in [0.15, 0.2) is 42.5 Å². The maximum Gasteiger partial charge on any atom is 0.142 e. The van der Waals surface area contributed by atoms with Crippen molar-refractivity contribution in [3.63, 3.8) is 0 Å². The highest BCUT2D eigenvalue weighted by molar-refractivity contribution is 5.63. The zero-order valence-corrected chi connectivity index (χ0v) is 10.6. The second-order valence-corrected chi connectivity index (χ2v) is 4.02. The molecule has 0 radical (unpaired) electrons. The van der Waals surface area contributed by atoms with Crippen molar-refractivity contribution in [2.24, 2.45) is 0 Å². The van der Waals surface area contributed by atoms with Crippen LogP contribution in [0, 0.1) is 18.3 Å². The van der Waals surface area contributed by atoms with E-state index in [0.29, 0.717) is 5.69 Å². The Bertz CT molecular complexity index is 584. The van der Waals surface area contributed by atoms with Gasteiger partial charge in [0.1, 0.15) is 17.6 Å². The Morgan fingerprint density at radius 2 is 1.94 bits per heavy atom. The van der Waals surface area contributed by atoms with Crippen LogP contribution < -0.4 is 4.90 Å². The van der Waals surface area contributed by atoms with Gasteiger partial charge in [-0.05, 0) is 37.6 Å². The largest absolute Gasteiger partial charge is 0.326 e. The summed E-state index contributed by atoms with van der Waals surface area (Å²) in [5.41, 5.74) is 2.77. The molecule has 0 unspecified atom stereocenters. The van der Waals surface area contributed by atoms with Gasteiger partial charge in [0.25, 0.3) is 0 Å². The van der Waals surface area contributed by atoms with Gasteiger partial charge in [0.15, 0.2) is 0 Å². The molecule has 0 aliphatic carbocycles. The Kier molecular flexibility index (Phi) is 3.59. The summed E-state index contributed by atoms with van der Waals surface area (Å²) in [5, 5.41) is 8.91. The maximum atomic E-state index is 8.91. The zero-order valence-electron chi connectivity index (χ0n) is 10.6. The molecule has 3 heteroatoms. The molecule has 0 atom stereocenters. The average molecular weight is 237 g/mol. The van der Waals surface area contributed by atoms with Crippen LogP contribution in [-0.4, -0.2) is 11.5 Å². The first-order chi connectivity index (χ1) is 8.76. The number of benzene rings is 1. The van der Waals surface area contributed by atoms with E-state index in [1.54, 1.807) is 6.07 Å². The summed E-state index contributed by atoms with van der Waals surface area (Å²) in [5.74, 6) is 0.811. The maximum absolute atomic E-state index is 8.91. The van der Waals surface area contributed by atoms with Gasteiger partial charge in [-0.3, -0.25) is 0 Å². The number of aryl methyl sites for hydroxylation is 1. The molecule has 1 aromatic heterocycles. The van der Waals surface area contributed by atoms with E-state index in [1.807, 2.05) is 24.3 Å². The highest BCUT2D eigenvalue weighted by Gasteiger charge is 2.10. The van der Waals surface area contributed by atoms with E-state index in [-0.39, 0.29) is 0 Å². The topological polar surface area (TPSA) is 39.9 Å². The van der Waals surface area contributed by atoms with Crippen LogP contribution in [0.5, 0.6) is 0 Å². The summed E-state index contributed by atoms with van der Waals surface area (Å²) in [6.45, 7) is 4.96. The van der Waals surface area contributed by atoms with Crippen molar-refractivity contribution >= 4 is 11.5 Å². The summed E-state index contributed by atoms with van der Waals surface area (Å²) >= 11 is 0. The normalized spacial score (nSPS) is 9.83. The van der Waals surface area contributed by atoms with Crippen LogP contribution in [0.2, 0.25) is 0 Å². The summed E-state index contributed by atoms with van der Waals surface area (Å²) in [7, 11) is 0. The van der Waals surface area contributed by atoms with Crippen LogP contribution in [0.1, 0.15) is 18.2 Å². The molecule has 3 nitrogen and oxygen atoms in total. The number of anilines is 2. The van der Waals surface area contributed by atoms with Crippen molar-refractivity contribution in [1.29, 1.82) is 5.26 Å². The Morgan fingerprint density at radius 1 is 1.17 bits per heavy atom.